The molecule has 0 radical (unpaired) electrons. The van der Waals surface area contributed by atoms with Gasteiger partial charge in [-0.05, 0) is 20.8 Å². The summed E-state index contributed by atoms with van der Waals surface area (Å²) in [7, 11) is 0. The summed E-state index contributed by atoms with van der Waals surface area (Å²) in [5, 5.41) is 0. The minimum atomic E-state index is 0. The van der Waals surface area contributed by atoms with Crippen molar-refractivity contribution >= 4 is 24.0 Å². The van der Waals surface area contributed by atoms with E-state index in [1.54, 1.807) is 0 Å². The second-order valence-corrected chi connectivity index (χ2v) is 2.67. The topological polar surface area (TPSA) is 0 Å². The molecule has 0 fully saturated rings. The van der Waals surface area contributed by atoms with E-state index in [0.29, 0.717) is 0 Å². The van der Waals surface area contributed by atoms with E-state index in [1.165, 1.54) is 16.7 Å². The smallest absolute Gasteiger partial charge is 0.0398 e. The maximum atomic E-state index is 2.19. The summed E-state index contributed by atoms with van der Waals surface area (Å²) in [5.74, 6) is 0. The van der Waals surface area contributed by atoms with Crippen LogP contribution in [0.5, 0.6) is 0 Å². The van der Waals surface area contributed by atoms with Gasteiger partial charge in [0.2, 0.25) is 0 Å². The van der Waals surface area contributed by atoms with Crippen molar-refractivity contribution in [2.24, 2.45) is 0 Å². The van der Waals surface area contributed by atoms with Gasteiger partial charge in [0.15, 0.2) is 0 Å². The number of halogens is 1. The zero-order valence-corrected chi connectivity index (χ0v) is 8.97. The lowest BCUT2D eigenvalue weighted by Gasteiger charge is -1.96. The first-order valence-corrected chi connectivity index (χ1v) is 3.23. The van der Waals surface area contributed by atoms with Crippen molar-refractivity contribution in [1.82, 2.24) is 0 Å². The van der Waals surface area contributed by atoms with Crippen LogP contribution in [0.2, 0.25) is 0 Å². The SMILES string of the molecule is Cc1cc(C)cc(C)c1.I. The first-order chi connectivity index (χ1) is 4.18. The fraction of sp³-hybridized carbons (Fsp3) is 0.333. The van der Waals surface area contributed by atoms with Crippen molar-refractivity contribution in [3.8, 4) is 0 Å². The molecule has 0 aliphatic heterocycles. The average Bonchev–Trinajstić information content (AvgIpc) is 1.59. The summed E-state index contributed by atoms with van der Waals surface area (Å²) in [4.78, 5) is 0. The van der Waals surface area contributed by atoms with E-state index < -0.39 is 0 Å². The second kappa shape index (κ2) is 3.96. The van der Waals surface area contributed by atoms with Gasteiger partial charge in [0.1, 0.15) is 0 Å². The van der Waals surface area contributed by atoms with Gasteiger partial charge in [-0.25, -0.2) is 0 Å². The average molecular weight is 248 g/mol. The molecule has 0 aromatic heterocycles. The fourth-order valence-electron chi connectivity index (χ4n) is 1.20. The molecule has 1 aromatic rings. The lowest BCUT2D eigenvalue weighted by molar-refractivity contribution is 1.32. The molecule has 1 aromatic carbocycles. The molecule has 0 heterocycles. The molecule has 10 heavy (non-hydrogen) atoms. The van der Waals surface area contributed by atoms with Gasteiger partial charge in [0.25, 0.3) is 0 Å². The number of rotatable bonds is 0. The van der Waals surface area contributed by atoms with Crippen LogP contribution in [-0.2, 0) is 0 Å². The van der Waals surface area contributed by atoms with Crippen LogP contribution in [-0.4, -0.2) is 0 Å². The first kappa shape index (κ1) is 9.95. The van der Waals surface area contributed by atoms with Crippen molar-refractivity contribution in [2.45, 2.75) is 20.8 Å². The predicted octanol–water partition coefficient (Wildman–Crippen LogP) is 3.23. The van der Waals surface area contributed by atoms with Crippen molar-refractivity contribution in [3.05, 3.63) is 34.9 Å². The van der Waals surface area contributed by atoms with Crippen LogP contribution < -0.4 is 0 Å². The molecule has 56 valence electrons. The normalized spacial score (nSPS) is 8.70. The fourth-order valence-corrected chi connectivity index (χ4v) is 1.20. The van der Waals surface area contributed by atoms with E-state index in [0.717, 1.165) is 0 Å². The Labute approximate surface area is 79.7 Å². The quantitative estimate of drug-likeness (QED) is 0.618. The first-order valence-electron chi connectivity index (χ1n) is 3.23. The zero-order valence-electron chi connectivity index (χ0n) is 6.64. The summed E-state index contributed by atoms with van der Waals surface area (Å²) in [5.41, 5.74) is 4.06. The Morgan fingerprint density at radius 3 is 1.10 bits per heavy atom. The Morgan fingerprint density at radius 1 is 0.700 bits per heavy atom. The highest BCUT2D eigenvalue weighted by Gasteiger charge is 1.87. The third-order valence-electron chi connectivity index (χ3n) is 1.37. The molecular weight excluding hydrogens is 235 g/mol. The highest BCUT2D eigenvalue weighted by Crippen LogP contribution is 2.06. The number of hydrogen-bond donors (Lipinski definition) is 0. The maximum Gasteiger partial charge on any atom is -0.0398 e. The molecule has 0 spiro atoms. The molecular formula is C9H13I. The minimum absolute atomic E-state index is 0. The molecule has 0 unspecified atom stereocenters. The van der Waals surface area contributed by atoms with Gasteiger partial charge in [-0.2, -0.15) is 0 Å². The van der Waals surface area contributed by atoms with Gasteiger partial charge in [-0.15, -0.1) is 24.0 Å². The van der Waals surface area contributed by atoms with Crippen molar-refractivity contribution in [3.63, 3.8) is 0 Å². The van der Waals surface area contributed by atoms with E-state index >= 15 is 0 Å². The molecule has 0 aliphatic rings. The van der Waals surface area contributed by atoms with Crippen LogP contribution in [0.15, 0.2) is 18.2 Å². The molecule has 0 saturated carbocycles. The van der Waals surface area contributed by atoms with Crippen LogP contribution >= 0.6 is 24.0 Å². The zero-order chi connectivity index (χ0) is 6.85. The maximum absolute atomic E-state index is 2.19. The molecule has 0 amide bonds. The highest BCUT2D eigenvalue weighted by atomic mass is 127. The van der Waals surface area contributed by atoms with E-state index in [4.69, 9.17) is 0 Å². The summed E-state index contributed by atoms with van der Waals surface area (Å²) in [6, 6.07) is 6.56. The van der Waals surface area contributed by atoms with E-state index in [1.807, 2.05) is 0 Å². The standard InChI is InChI=1S/C9H12.HI/c1-7-4-8(2)6-9(3)5-7;/h4-6H,1-3H3;1H. The third kappa shape index (κ3) is 2.69. The van der Waals surface area contributed by atoms with Gasteiger partial charge in [-0.3, -0.25) is 0 Å². The molecule has 0 bridgehead atoms. The lowest BCUT2D eigenvalue weighted by atomic mass is 10.1. The Kier molecular flexibility index (Phi) is 3.94. The van der Waals surface area contributed by atoms with Crippen molar-refractivity contribution < 1.29 is 0 Å². The molecule has 0 atom stereocenters. The van der Waals surface area contributed by atoms with Gasteiger partial charge >= 0.3 is 0 Å². The van der Waals surface area contributed by atoms with Crippen molar-refractivity contribution in [2.75, 3.05) is 0 Å². The molecule has 0 nitrogen and oxygen atoms in total. The van der Waals surface area contributed by atoms with Crippen LogP contribution in [0.4, 0.5) is 0 Å². The molecule has 1 heteroatoms. The molecule has 0 saturated heterocycles. The van der Waals surface area contributed by atoms with Crippen LogP contribution in [0.1, 0.15) is 16.7 Å². The second-order valence-electron chi connectivity index (χ2n) is 2.67. The summed E-state index contributed by atoms with van der Waals surface area (Å²) in [6.07, 6.45) is 0. The Balaban J connectivity index is 0.000000810. The predicted molar refractivity (Wildman–Crippen MR) is 56.1 cm³/mol. The van der Waals surface area contributed by atoms with Crippen molar-refractivity contribution in [1.29, 1.82) is 0 Å². The summed E-state index contributed by atoms with van der Waals surface area (Å²) < 4.78 is 0. The summed E-state index contributed by atoms with van der Waals surface area (Å²) >= 11 is 0. The van der Waals surface area contributed by atoms with E-state index in [-0.39, 0.29) is 24.0 Å². The van der Waals surface area contributed by atoms with Crippen LogP contribution in [0.25, 0.3) is 0 Å². The van der Waals surface area contributed by atoms with Gasteiger partial charge in [-0.1, -0.05) is 34.9 Å². The van der Waals surface area contributed by atoms with E-state index in [9.17, 15) is 0 Å². The number of aryl methyl sites for hydroxylation is 3. The molecule has 0 N–H and O–H groups in total. The molecule has 0 aliphatic carbocycles. The minimum Gasteiger partial charge on any atom is -0.107 e. The lowest BCUT2D eigenvalue weighted by Crippen LogP contribution is -1.78. The monoisotopic (exact) mass is 248 g/mol. The van der Waals surface area contributed by atoms with Gasteiger partial charge < -0.3 is 0 Å². The highest BCUT2D eigenvalue weighted by molar-refractivity contribution is 14.0. The Hall–Kier alpha value is -0.0500. The number of hydrogen-bond acceptors (Lipinski definition) is 0. The van der Waals surface area contributed by atoms with Gasteiger partial charge in [0, 0.05) is 0 Å². The molecule has 1 rings (SSSR count). The number of benzene rings is 1. The Bertz CT molecular complexity index is 165. The third-order valence-corrected chi connectivity index (χ3v) is 1.37. The largest absolute Gasteiger partial charge is 0.107 e. The summed E-state index contributed by atoms with van der Waals surface area (Å²) in [6.45, 7) is 6.38. The van der Waals surface area contributed by atoms with E-state index in [2.05, 4.69) is 39.0 Å². The van der Waals surface area contributed by atoms with Crippen LogP contribution in [0.3, 0.4) is 0 Å². The van der Waals surface area contributed by atoms with Gasteiger partial charge in [0.05, 0.1) is 0 Å². The van der Waals surface area contributed by atoms with Crippen LogP contribution in [0, 0.1) is 20.8 Å². The Morgan fingerprint density at radius 2 is 0.900 bits per heavy atom.